The van der Waals surface area contributed by atoms with Gasteiger partial charge in [-0.2, -0.15) is 0 Å². The fraction of sp³-hybridized carbons (Fsp3) is 0.500. The van der Waals surface area contributed by atoms with Crippen LogP contribution in [0.2, 0.25) is 0 Å². The summed E-state index contributed by atoms with van der Waals surface area (Å²) in [5, 5.41) is 2.88. The molecule has 1 aliphatic heterocycles. The lowest BCUT2D eigenvalue weighted by atomic mass is 9.83. The molecule has 9 nitrogen and oxygen atoms in total. The van der Waals surface area contributed by atoms with Gasteiger partial charge in [-0.1, -0.05) is 19.4 Å². The Balaban J connectivity index is 1.62. The van der Waals surface area contributed by atoms with Crippen LogP contribution >= 0.6 is 0 Å². The quantitative estimate of drug-likeness (QED) is 0.617. The van der Waals surface area contributed by atoms with Crippen LogP contribution in [-0.4, -0.2) is 80.6 Å². The van der Waals surface area contributed by atoms with E-state index < -0.39 is 0 Å². The summed E-state index contributed by atoms with van der Waals surface area (Å²) in [5.41, 5.74) is 1.31. The van der Waals surface area contributed by atoms with Crippen LogP contribution in [-0.2, 0) is 9.53 Å². The number of likely N-dealkylation sites (N-methyl/N-ethyl adjacent to an activating group) is 1. The number of nitrogens with one attached hydrogen (secondary N) is 1. The molecule has 2 aromatic rings. The lowest BCUT2D eigenvalue weighted by Crippen LogP contribution is -2.51. The molecule has 210 valence electrons. The second-order valence-electron chi connectivity index (χ2n) is 10.6. The molecule has 2 aliphatic rings. The third kappa shape index (κ3) is 6.53. The third-order valence-corrected chi connectivity index (χ3v) is 7.77. The Morgan fingerprint density at radius 2 is 1.82 bits per heavy atom. The summed E-state index contributed by atoms with van der Waals surface area (Å²) in [5.74, 6) is 0.638. The number of fused-ring (bicyclic) bond motifs is 1. The standard InChI is InChI=1S/C30H39N3O6/c1-19-16-33(29(35)21-8-6-9-21)20(2)18-39-26-15-23(31-28(34)22-10-7-11-24(14-22)37-4)12-13-25(26)30(36)32(3)17-27(19)38-5/h7,10-15,19-21,27H,6,8-9,16-18H2,1-5H3,(H,31,34)/t19-,20-,27-/m1/s1. The number of rotatable bonds is 5. The van der Waals surface area contributed by atoms with Gasteiger partial charge in [0.15, 0.2) is 0 Å². The van der Waals surface area contributed by atoms with Gasteiger partial charge in [-0.05, 0) is 50.1 Å². The highest BCUT2D eigenvalue weighted by molar-refractivity contribution is 6.05. The molecule has 0 spiro atoms. The number of nitrogens with zero attached hydrogens (tertiary/aromatic N) is 2. The molecule has 1 saturated carbocycles. The van der Waals surface area contributed by atoms with Gasteiger partial charge < -0.3 is 29.3 Å². The van der Waals surface area contributed by atoms with E-state index in [0.29, 0.717) is 41.4 Å². The van der Waals surface area contributed by atoms with Crippen LogP contribution in [0.25, 0.3) is 0 Å². The Bertz CT molecular complexity index is 1200. The van der Waals surface area contributed by atoms with Gasteiger partial charge in [-0.3, -0.25) is 14.4 Å². The van der Waals surface area contributed by atoms with E-state index in [-0.39, 0.29) is 48.3 Å². The summed E-state index contributed by atoms with van der Waals surface area (Å²) in [4.78, 5) is 43.3. The lowest BCUT2D eigenvalue weighted by Gasteiger charge is -2.39. The Morgan fingerprint density at radius 3 is 2.49 bits per heavy atom. The summed E-state index contributed by atoms with van der Waals surface area (Å²) in [7, 11) is 4.92. The average Bonchev–Trinajstić information content (AvgIpc) is 2.91. The average molecular weight is 538 g/mol. The van der Waals surface area contributed by atoms with E-state index >= 15 is 0 Å². The Kier molecular flexibility index (Phi) is 9.12. The minimum atomic E-state index is -0.312. The largest absolute Gasteiger partial charge is 0.497 e. The van der Waals surface area contributed by atoms with E-state index in [1.54, 1.807) is 68.6 Å². The molecule has 4 rings (SSSR count). The number of carbonyl (C=O) groups is 3. The summed E-state index contributed by atoms with van der Waals surface area (Å²) < 4.78 is 17.2. The van der Waals surface area contributed by atoms with Gasteiger partial charge in [-0.25, -0.2) is 0 Å². The summed E-state index contributed by atoms with van der Waals surface area (Å²) in [6.07, 6.45) is 2.67. The topological polar surface area (TPSA) is 97.4 Å². The third-order valence-electron chi connectivity index (χ3n) is 7.77. The first kappa shape index (κ1) is 28.4. The van der Waals surface area contributed by atoms with Crippen LogP contribution in [0.5, 0.6) is 11.5 Å². The van der Waals surface area contributed by atoms with E-state index in [9.17, 15) is 14.4 Å². The number of anilines is 1. The highest BCUT2D eigenvalue weighted by atomic mass is 16.5. The first-order valence-corrected chi connectivity index (χ1v) is 13.5. The predicted molar refractivity (Wildman–Crippen MR) is 148 cm³/mol. The first-order chi connectivity index (χ1) is 18.7. The molecular weight excluding hydrogens is 498 g/mol. The van der Waals surface area contributed by atoms with Gasteiger partial charge in [0.05, 0.1) is 24.8 Å². The molecule has 3 atom stereocenters. The van der Waals surface area contributed by atoms with Crippen LogP contribution in [0.3, 0.4) is 0 Å². The molecule has 1 heterocycles. The molecule has 1 fully saturated rings. The maximum atomic E-state index is 13.5. The number of hydrogen-bond donors (Lipinski definition) is 1. The molecule has 0 radical (unpaired) electrons. The van der Waals surface area contributed by atoms with Crippen LogP contribution < -0.4 is 14.8 Å². The van der Waals surface area contributed by atoms with Crippen LogP contribution in [0.1, 0.15) is 53.8 Å². The smallest absolute Gasteiger partial charge is 0.257 e. The van der Waals surface area contributed by atoms with Crippen molar-refractivity contribution in [1.82, 2.24) is 9.80 Å². The minimum absolute atomic E-state index is 0.0184. The van der Waals surface area contributed by atoms with Gasteiger partial charge in [0.1, 0.15) is 18.1 Å². The molecule has 0 bridgehead atoms. The maximum absolute atomic E-state index is 13.5. The van der Waals surface area contributed by atoms with Crippen molar-refractivity contribution >= 4 is 23.4 Å². The van der Waals surface area contributed by atoms with Crippen LogP contribution in [0.15, 0.2) is 42.5 Å². The molecule has 1 N–H and O–H groups in total. The Hall–Kier alpha value is -3.59. The molecule has 39 heavy (non-hydrogen) atoms. The highest BCUT2D eigenvalue weighted by Crippen LogP contribution is 2.31. The molecular formula is C30H39N3O6. The Morgan fingerprint density at radius 1 is 1.05 bits per heavy atom. The van der Waals surface area contributed by atoms with Crippen molar-refractivity contribution in [2.75, 3.05) is 46.3 Å². The fourth-order valence-electron chi connectivity index (χ4n) is 5.01. The van der Waals surface area contributed by atoms with Gasteiger partial charge in [0.25, 0.3) is 11.8 Å². The SMILES string of the molecule is COc1cccc(C(=O)Nc2ccc3c(c2)OC[C@@H](C)N(C(=O)C2CCC2)C[C@@H](C)[C@H](OC)CN(C)C3=O)c1. The monoisotopic (exact) mass is 537 g/mol. The summed E-state index contributed by atoms with van der Waals surface area (Å²) >= 11 is 0. The van der Waals surface area contributed by atoms with Crippen molar-refractivity contribution in [3.05, 3.63) is 53.6 Å². The molecule has 0 unspecified atom stereocenters. The normalized spacial score (nSPS) is 22.5. The van der Waals surface area contributed by atoms with Crippen LogP contribution in [0, 0.1) is 11.8 Å². The zero-order valence-corrected chi connectivity index (χ0v) is 23.4. The fourth-order valence-corrected chi connectivity index (χ4v) is 5.01. The van der Waals surface area contributed by atoms with E-state index in [0.717, 1.165) is 19.3 Å². The number of amides is 3. The predicted octanol–water partition coefficient (Wildman–Crippen LogP) is 4.08. The highest BCUT2D eigenvalue weighted by Gasteiger charge is 2.35. The van der Waals surface area contributed by atoms with E-state index in [1.807, 2.05) is 11.8 Å². The number of hydrogen-bond acceptors (Lipinski definition) is 6. The minimum Gasteiger partial charge on any atom is -0.497 e. The van der Waals surface area contributed by atoms with Crippen molar-refractivity contribution in [3.8, 4) is 11.5 Å². The molecule has 0 aromatic heterocycles. The zero-order valence-electron chi connectivity index (χ0n) is 23.4. The molecule has 9 heteroatoms. The number of benzene rings is 2. The van der Waals surface area contributed by atoms with Crippen molar-refractivity contribution in [3.63, 3.8) is 0 Å². The van der Waals surface area contributed by atoms with E-state index in [2.05, 4.69) is 12.2 Å². The van der Waals surface area contributed by atoms with E-state index in [4.69, 9.17) is 14.2 Å². The lowest BCUT2D eigenvalue weighted by molar-refractivity contribution is -0.142. The van der Waals surface area contributed by atoms with Gasteiger partial charge in [0, 0.05) is 56.4 Å². The zero-order chi connectivity index (χ0) is 28.1. The summed E-state index contributed by atoms with van der Waals surface area (Å²) in [6, 6.07) is 11.7. The van der Waals surface area contributed by atoms with Crippen molar-refractivity contribution < 1.29 is 28.6 Å². The molecule has 1 aliphatic carbocycles. The van der Waals surface area contributed by atoms with Crippen molar-refractivity contribution in [2.45, 2.75) is 45.3 Å². The van der Waals surface area contributed by atoms with Gasteiger partial charge >= 0.3 is 0 Å². The van der Waals surface area contributed by atoms with E-state index in [1.165, 1.54) is 0 Å². The number of carbonyl (C=O) groups excluding carboxylic acids is 3. The van der Waals surface area contributed by atoms with Crippen LogP contribution in [0.4, 0.5) is 5.69 Å². The molecule has 2 aromatic carbocycles. The van der Waals surface area contributed by atoms with Gasteiger partial charge in [0.2, 0.25) is 5.91 Å². The first-order valence-electron chi connectivity index (χ1n) is 13.5. The maximum Gasteiger partial charge on any atom is 0.257 e. The number of ether oxygens (including phenoxy) is 3. The number of methoxy groups -OCH3 is 2. The second kappa shape index (κ2) is 12.5. The Labute approximate surface area is 230 Å². The second-order valence-corrected chi connectivity index (χ2v) is 10.6. The van der Waals surface area contributed by atoms with Crippen molar-refractivity contribution in [2.24, 2.45) is 11.8 Å². The van der Waals surface area contributed by atoms with Crippen molar-refractivity contribution in [1.29, 1.82) is 0 Å². The van der Waals surface area contributed by atoms with Gasteiger partial charge in [-0.15, -0.1) is 0 Å². The molecule has 0 saturated heterocycles. The summed E-state index contributed by atoms with van der Waals surface area (Å²) in [6.45, 7) is 5.12. The molecule has 3 amide bonds.